The summed E-state index contributed by atoms with van der Waals surface area (Å²) in [5, 5.41) is 9.70. The number of aromatic nitrogens is 3. The lowest BCUT2D eigenvalue weighted by molar-refractivity contribution is 0.475. The van der Waals surface area contributed by atoms with E-state index < -0.39 is 5.82 Å². The zero-order valence-corrected chi connectivity index (χ0v) is 11.9. The van der Waals surface area contributed by atoms with Gasteiger partial charge in [-0.15, -0.1) is 0 Å². The monoisotopic (exact) mass is 316 g/mol. The van der Waals surface area contributed by atoms with Crippen LogP contribution in [0.5, 0.6) is 5.75 Å². The molecule has 22 heavy (non-hydrogen) atoms. The molecule has 3 N–H and O–H groups in total. The lowest BCUT2D eigenvalue weighted by atomic mass is 10.1. The van der Waals surface area contributed by atoms with Crippen molar-refractivity contribution in [1.82, 2.24) is 15.0 Å². The number of aromatic hydroxyl groups is 1. The summed E-state index contributed by atoms with van der Waals surface area (Å²) in [7, 11) is 0. The third-order valence-corrected chi connectivity index (χ3v) is 3.28. The molecular weight excluding hydrogens is 307 g/mol. The Morgan fingerprint density at radius 3 is 2.55 bits per heavy atom. The lowest BCUT2D eigenvalue weighted by Crippen LogP contribution is -1.99. The van der Waals surface area contributed by atoms with Crippen LogP contribution >= 0.6 is 11.6 Å². The van der Waals surface area contributed by atoms with Crippen molar-refractivity contribution in [2.24, 2.45) is 0 Å². The van der Waals surface area contributed by atoms with E-state index in [1.165, 1.54) is 24.4 Å². The summed E-state index contributed by atoms with van der Waals surface area (Å²) >= 11 is 5.93. The highest BCUT2D eigenvalue weighted by atomic mass is 35.5. The molecule has 0 aliphatic heterocycles. The molecule has 0 unspecified atom stereocenters. The molecule has 5 nitrogen and oxygen atoms in total. The van der Waals surface area contributed by atoms with Gasteiger partial charge in [0, 0.05) is 5.56 Å². The molecular formula is C15H10ClFN4O. The number of rotatable bonds is 2. The van der Waals surface area contributed by atoms with Crippen LogP contribution < -0.4 is 5.73 Å². The second-order valence-corrected chi connectivity index (χ2v) is 4.93. The second kappa shape index (κ2) is 5.57. The number of benzene rings is 1. The van der Waals surface area contributed by atoms with Crippen LogP contribution in [0.3, 0.4) is 0 Å². The molecule has 0 spiro atoms. The summed E-state index contributed by atoms with van der Waals surface area (Å²) in [6, 6.07) is 7.43. The van der Waals surface area contributed by atoms with Gasteiger partial charge in [0.2, 0.25) is 0 Å². The van der Waals surface area contributed by atoms with Crippen molar-refractivity contribution in [2.45, 2.75) is 0 Å². The number of nitrogen functional groups attached to an aromatic ring is 1. The molecule has 110 valence electrons. The van der Waals surface area contributed by atoms with E-state index in [-0.39, 0.29) is 16.6 Å². The molecule has 1 aromatic carbocycles. The van der Waals surface area contributed by atoms with Crippen molar-refractivity contribution in [3.63, 3.8) is 0 Å². The average Bonchev–Trinajstić information content (AvgIpc) is 2.51. The van der Waals surface area contributed by atoms with Gasteiger partial charge in [-0.25, -0.2) is 9.37 Å². The fraction of sp³-hybridized carbons (Fsp3) is 0. The molecule has 0 aliphatic rings. The van der Waals surface area contributed by atoms with E-state index in [1.807, 2.05) is 0 Å². The number of phenolic OH excluding ortho intramolecular Hbond substituents is 1. The Morgan fingerprint density at radius 1 is 1.05 bits per heavy atom. The number of hydrogen-bond acceptors (Lipinski definition) is 5. The number of halogens is 2. The zero-order chi connectivity index (χ0) is 15.7. The molecule has 0 saturated heterocycles. The molecule has 2 aromatic heterocycles. The highest BCUT2D eigenvalue weighted by Crippen LogP contribution is 2.33. The van der Waals surface area contributed by atoms with Gasteiger partial charge < -0.3 is 10.8 Å². The number of anilines is 1. The molecule has 3 rings (SSSR count). The lowest BCUT2D eigenvalue weighted by Gasteiger charge is -2.09. The molecule has 0 fully saturated rings. The van der Waals surface area contributed by atoms with Gasteiger partial charge in [0.1, 0.15) is 23.1 Å². The van der Waals surface area contributed by atoms with Gasteiger partial charge in [-0.3, -0.25) is 9.97 Å². The molecule has 2 heterocycles. The third-order valence-electron chi connectivity index (χ3n) is 2.98. The van der Waals surface area contributed by atoms with Crippen LogP contribution in [0, 0.1) is 5.82 Å². The van der Waals surface area contributed by atoms with Crippen LogP contribution in [0.15, 0.2) is 42.7 Å². The Balaban J connectivity index is 2.19. The van der Waals surface area contributed by atoms with Crippen LogP contribution in [-0.4, -0.2) is 20.1 Å². The highest BCUT2D eigenvalue weighted by Gasteiger charge is 2.14. The van der Waals surface area contributed by atoms with E-state index in [1.54, 1.807) is 12.1 Å². The van der Waals surface area contributed by atoms with Gasteiger partial charge >= 0.3 is 0 Å². The Hall–Kier alpha value is -2.73. The highest BCUT2D eigenvalue weighted by molar-refractivity contribution is 6.32. The van der Waals surface area contributed by atoms with E-state index in [2.05, 4.69) is 15.0 Å². The van der Waals surface area contributed by atoms with Crippen molar-refractivity contribution < 1.29 is 9.50 Å². The van der Waals surface area contributed by atoms with Crippen molar-refractivity contribution in [3.05, 3.63) is 53.6 Å². The van der Waals surface area contributed by atoms with Crippen molar-refractivity contribution in [3.8, 4) is 28.4 Å². The minimum absolute atomic E-state index is 0.0321. The number of hydrogen-bond donors (Lipinski definition) is 2. The average molecular weight is 317 g/mol. The van der Waals surface area contributed by atoms with Crippen LogP contribution in [0.2, 0.25) is 5.02 Å². The maximum Gasteiger partial charge on any atom is 0.142 e. The van der Waals surface area contributed by atoms with Crippen molar-refractivity contribution >= 4 is 17.4 Å². The molecule has 0 aliphatic carbocycles. The molecule has 0 bridgehead atoms. The fourth-order valence-corrected chi connectivity index (χ4v) is 2.14. The molecule has 3 aromatic rings. The molecule has 0 radical (unpaired) electrons. The Bertz CT molecular complexity index is 839. The topological polar surface area (TPSA) is 84.9 Å². The maximum atomic E-state index is 13.0. The first kappa shape index (κ1) is 14.2. The van der Waals surface area contributed by atoms with Crippen LogP contribution in [-0.2, 0) is 0 Å². The summed E-state index contributed by atoms with van der Waals surface area (Å²) in [5.74, 6) is -0.264. The summed E-state index contributed by atoms with van der Waals surface area (Å²) in [4.78, 5) is 12.5. The van der Waals surface area contributed by atoms with Gasteiger partial charge in [0.05, 0.1) is 28.8 Å². The number of phenols is 1. The van der Waals surface area contributed by atoms with E-state index in [0.29, 0.717) is 22.6 Å². The predicted octanol–water partition coefficient (Wildman–Crippen LogP) is 3.29. The first-order valence-corrected chi connectivity index (χ1v) is 6.66. The number of pyridine rings is 1. The fourth-order valence-electron chi connectivity index (χ4n) is 1.96. The quantitative estimate of drug-likeness (QED) is 0.757. The van der Waals surface area contributed by atoms with Crippen molar-refractivity contribution in [2.75, 3.05) is 5.73 Å². The largest absolute Gasteiger partial charge is 0.506 e. The number of nitrogens with zero attached hydrogens (tertiary/aromatic N) is 3. The van der Waals surface area contributed by atoms with Gasteiger partial charge in [0.25, 0.3) is 0 Å². The van der Waals surface area contributed by atoms with Crippen molar-refractivity contribution in [1.29, 1.82) is 0 Å². The Labute approximate surface area is 130 Å². The maximum absolute atomic E-state index is 13.0. The van der Waals surface area contributed by atoms with E-state index >= 15 is 0 Å². The summed E-state index contributed by atoms with van der Waals surface area (Å²) in [5.41, 5.74) is 7.64. The zero-order valence-electron chi connectivity index (χ0n) is 11.2. The van der Waals surface area contributed by atoms with Gasteiger partial charge in [0.15, 0.2) is 0 Å². The predicted molar refractivity (Wildman–Crippen MR) is 81.7 cm³/mol. The van der Waals surface area contributed by atoms with E-state index in [4.69, 9.17) is 17.3 Å². The van der Waals surface area contributed by atoms with Gasteiger partial charge in [-0.2, -0.15) is 0 Å². The van der Waals surface area contributed by atoms with E-state index in [9.17, 15) is 9.50 Å². The molecule has 7 heteroatoms. The first-order chi connectivity index (χ1) is 10.5. The van der Waals surface area contributed by atoms with Gasteiger partial charge in [-0.05, 0) is 30.3 Å². The minimum atomic E-state index is -0.449. The summed E-state index contributed by atoms with van der Waals surface area (Å²) in [6.45, 7) is 0. The van der Waals surface area contributed by atoms with Crippen LogP contribution in [0.4, 0.5) is 10.2 Å². The van der Waals surface area contributed by atoms with Crippen LogP contribution in [0.25, 0.3) is 22.6 Å². The number of nitrogens with two attached hydrogens (primary N) is 1. The second-order valence-electron chi connectivity index (χ2n) is 4.52. The molecule has 0 amide bonds. The Morgan fingerprint density at radius 2 is 1.86 bits per heavy atom. The smallest absolute Gasteiger partial charge is 0.142 e. The standard InChI is InChI=1S/C15H10ClFN4O/c16-10-5-8(1-4-12(10)22)14-15(21-13(18)7-20-14)11-3-2-9(17)6-19-11/h1-7,22H,(H2,18,21). The van der Waals surface area contributed by atoms with Gasteiger partial charge in [-0.1, -0.05) is 11.6 Å². The Kier molecular flexibility index (Phi) is 3.60. The third kappa shape index (κ3) is 2.68. The van der Waals surface area contributed by atoms with E-state index in [0.717, 1.165) is 6.20 Å². The summed E-state index contributed by atoms with van der Waals surface area (Å²) < 4.78 is 13.0. The summed E-state index contributed by atoms with van der Waals surface area (Å²) in [6.07, 6.45) is 2.50. The molecule has 0 atom stereocenters. The molecule has 0 saturated carbocycles. The SMILES string of the molecule is Nc1cnc(-c2ccc(O)c(Cl)c2)c(-c2ccc(F)cn2)n1. The normalized spacial score (nSPS) is 10.6. The minimum Gasteiger partial charge on any atom is -0.506 e. The van der Waals surface area contributed by atoms with Crippen LogP contribution in [0.1, 0.15) is 0 Å². The first-order valence-electron chi connectivity index (χ1n) is 6.28.